The van der Waals surface area contributed by atoms with Crippen molar-refractivity contribution in [2.24, 2.45) is 0 Å². The van der Waals surface area contributed by atoms with Gasteiger partial charge in [-0.05, 0) is 37.8 Å². The number of piperidine rings is 1. The predicted octanol–water partition coefficient (Wildman–Crippen LogP) is 3.46. The third-order valence-electron chi connectivity index (χ3n) is 5.12. The van der Waals surface area contributed by atoms with Gasteiger partial charge in [0.1, 0.15) is 11.9 Å². The monoisotopic (exact) mass is 364 g/mol. The molecule has 4 rings (SSSR count). The lowest BCUT2D eigenvalue weighted by Gasteiger charge is -2.29. The van der Waals surface area contributed by atoms with E-state index in [0.717, 1.165) is 44.5 Å². The Morgan fingerprint density at radius 3 is 2.62 bits per heavy atom. The molecule has 1 unspecified atom stereocenters. The molecule has 1 saturated heterocycles. The second kappa shape index (κ2) is 6.41. The van der Waals surface area contributed by atoms with E-state index in [1.807, 2.05) is 4.90 Å². The molecule has 1 aromatic carbocycles. The Kier molecular flexibility index (Phi) is 4.20. The van der Waals surface area contributed by atoms with Crippen molar-refractivity contribution in [2.75, 3.05) is 13.1 Å². The Morgan fingerprint density at radius 2 is 1.88 bits per heavy atom. The fourth-order valence-electron chi connectivity index (χ4n) is 3.81. The van der Waals surface area contributed by atoms with Gasteiger partial charge in [0.05, 0.1) is 5.56 Å². The van der Waals surface area contributed by atoms with E-state index in [0.29, 0.717) is 30.1 Å². The number of rotatable bonds is 2. The standard InChI is InChI=1S/C18H19F3N4O/c19-18(20,21)13-6-4-5-12(11-13)16-23-22-15-8-7-14(25(15)16)17(26)24-9-2-1-3-10-24/h4-6,11,14H,1-3,7-10H2. The predicted molar refractivity (Wildman–Crippen MR) is 88.2 cm³/mol. The maximum Gasteiger partial charge on any atom is 0.416 e. The van der Waals surface area contributed by atoms with Crippen LogP contribution in [0.2, 0.25) is 0 Å². The first-order valence-corrected chi connectivity index (χ1v) is 8.85. The van der Waals surface area contributed by atoms with Crippen LogP contribution in [0.5, 0.6) is 0 Å². The summed E-state index contributed by atoms with van der Waals surface area (Å²) in [7, 11) is 0. The largest absolute Gasteiger partial charge is 0.416 e. The van der Waals surface area contributed by atoms with Crippen molar-refractivity contribution in [3.8, 4) is 11.4 Å². The highest BCUT2D eigenvalue weighted by atomic mass is 19.4. The molecule has 1 amide bonds. The molecule has 3 heterocycles. The molecule has 2 aliphatic heterocycles. The fourth-order valence-corrected chi connectivity index (χ4v) is 3.81. The van der Waals surface area contributed by atoms with Crippen LogP contribution in [0.1, 0.15) is 43.1 Å². The molecule has 2 aromatic rings. The number of benzene rings is 1. The Balaban J connectivity index is 1.68. The van der Waals surface area contributed by atoms with Gasteiger partial charge in [-0.2, -0.15) is 13.2 Å². The summed E-state index contributed by atoms with van der Waals surface area (Å²) >= 11 is 0. The number of hydrogen-bond acceptors (Lipinski definition) is 3. The minimum absolute atomic E-state index is 0.0245. The average molecular weight is 364 g/mol. The molecule has 5 nitrogen and oxygen atoms in total. The zero-order valence-electron chi connectivity index (χ0n) is 14.2. The van der Waals surface area contributed by atoms with Crippen molar-refractivity contribution >= 4 is 5.91 Å². The lowest BCUT2D eigenvalue weighted by molar-refractivity contribution is -0.137. The molecular weight excluding hydrogens is 345 g/mol. The lowest BCUT2D eigenvalue weighted by atomic mass is 10.1. The van der Waals surface area contributed by atoms with E-state index in [9.17, 15) is 18.0 Å². The number of aromatic nitrogens is 3. The Bertz CT molecular complexity index is 824. The molecule has 0 saturated carbocycles. The van der Waals surface area contributed by atoms with E-state index in [1.165, 1.54) is 6.07 Å². The molecular formula is C18H19F3N4O. The van der Waals surface area contributed by atoms with Crippen LogP contribution < -0.4 is 0 Å². The van der Waals surface area contributed by atoms with Crippen LogP contribution in [0.25, 0.3) is 11.4 Å². The number of aryl methyl sites for hydroxylation is 1. The Hall–Kier alpha value is -2.38. The molecule has 138 valence electrons. The summed E-state index contributed by atoms with van der Waals surface area (Å²) < 4.78 is 40.8. The first-order chi connectivity index (χ1) is 12.4. The summed E-state index contributed by atoms with van der Waals surface area (Å²) in [4.78, 5) is 14.8. The van der Waals surface area contributed by atoms with Gasteiger partial charge in [-0.15, -0.1) is 10.2 Å². The van der Waals surface area contributed by atoms with Gasteiger partial charge in [0.2, 0.25) is 5.91 Å². The van der Waals surface area contributed by atoms with Crippen LogP contribution in [-0.4, -0.2) is 38.7 Å². The van der Waals surface area contributed by atoms with E-state index < -0.39 is 17.8 Å². The van der Waals surface area contributed by atoms with E-state index in [-0.39, 0.29) is 5.91 Å². The van der Waals surface area contributed by atoms with Crippen molar-refractivity contribution in [3.63, 3.8) is 0 Å². The number of likely N-dealkylation sites (tertiary alicyclic amines) is 1. The topological polar surface area (TPSA) is 51.0 Å². The number of fused-ring (bicyclic) bond motifs is 1. The molecule has 26 heavy (non-hydrogen) atoms. The zero-order chi connectivity index (χ0) is 18.3. The molecule has 0 bridgehead atoms. The summed E-state index contributed by atoms with van der Waals surface area (Å²) in [5.41, 5.74) is -0.402. The summed E-state index contributed by atoms with van der Waals surface area (Å²) in [6, 6.07) is 4.60. The summed E-state index contributed by atoms with van der Waals surface area (Å²) in [6.45, 7) is 1.48. The van der Waals surface area contributed by atoms with Crippen molar-refractivity contribution in [1.29, 1.82) is 0 Å². The lowest BCUT2D eigenvalue weighted by Crippen LogP contribution is -2.39. The number of halogens is 3. The molecule has 0 N–H and O–H groups in total. The first-order valence-electron chi connectivity index (χ1n) is 8.85. The second-order valence-electron chi connectivity index (χ2n) is 6.83. The molecule has 0 radical (unpaired) electrons. The van der Waals surface area contributed by atoms with Gasteiger partial charge in [-0.1, -0.05) is 12.1 Å². The van der Waals surface area contributed by atoms with Crippen LogP contribution in [0.3, 0.4) is 0 Å². The van der Waals surface area contributed by atoms with Gasteiger partial charge in [0, 0.05) is 25.1 Å². The van der Waals surface area contributed by atoms with Gasteiger partial charge in [0.25, 0.3) is 0 Å². The molecule has 8 heteroatoms. The Labute approximate surface area is 148 Å². The Morgan fingerprint density at radius 1 is 1.12 bits per heavy atom. The van der Waals surface area contributed by atoms with Crippen LogP contribution in [0.4, 0.5) is 13.2 Å². The quantitative estimate of drug-likeness (QED) is 0.820. The zero-order valence-corrected chi connectivity index (χ0v) is 14.2. The molecule has 0 aliphatic carbocycles. The molecule has 0 spiro atoms. The van der Waals surface area contributed by atoms with Crippen molar-refractivity contribution in [3.05, 3.63) is 35.7 Å². The van der Waals surface area contributed by atoms with Crippen LogP contribution in [-0.2, 0) is 17.4 Å². The van der Waals surface area contributed by atoms with E-state index in [1.54, 1.807) is 10.6 Å². The number of alkyl halides is 3. The molecule has 2 aliphatic rings. The van der Waals surface area contributed by atoms with Gasteiger partial charge in [-0.3, -0.25) is 9.36 Å². The van der Waals surface area contributed by atoms with Crippen molar-refractivity contribution in [1.82, 2.24) is 19.7 Å². The second-order valence-corrected chi connectivity index (χ2v) is 6.83. The highest BCUT2D eigenvalue weighted by Gasteiger charge is 2.36. The highest BCUT2D eigenvalue weighted by molar-refractivity contribution is 5.82. The number of nitrogens with zero attached hydrogens (tertiary/aromatic N) is 4. The minimum Gasteiger partial charge on any atom is -0.341 e. The normalized spacial score (nSPS) is 20.3. The summed E-state index contributed by atoms with van der Waals surface area (Å²) in [5, 5.41) is 8.19. The molecule has 1 fully saturated rings. The van der Waals surface area contributed by atoms with Gasteiger partial charge in [-0.25, -0.2) is 0 Å². The smallest absolute Gasteiger partial charge is 0.341 e. The average Bonchev–Trinajstić information content (AvgIpc) is 3.23. The maximum atomic E-state index is 13.0. The number of amides is 1. The van der Waals surface area contributed by atoms with Crippen LogP contribution in [0, 0.1) is 0 Å². The third-order valence-corrected chi connectivity index (χ3v) is 5.12. The first kappa shape index (κ1) is 17.1. The van der Waals surface area contributed by atoms with E-state index >= 15 is 0 Å². The van der Waals surface area contributed by atoms with Gasteiger partial charge >= 0.3 is 6.18 Å². The van der Waals surface area contributed by atoms with E-state index in [2.05, 4.69) is 10.2 Å². The van der Waals surface area contributed by atoms with Gasteiger partial charge in [0.15, 0.2) is 5.82 Å². The number of carbonyl (C=O) groups excluding carboxylic acids is 1. The highest BCUT2D eigenvalue weighted by Crippen LogP contribution is 2.35. The fraction of sp³-hybridized carbons (Fsp3) is 0.500. The number of hydrogen-bond donors (Lipinski definition) is 0. The van der Waals surface area contributed by atoms with Crippen LogP contribution >= 0.6 is 0 Å². The molecule has 1 atom stereocenters. The maximum absolute atomic E-state index is 13.0. The summed E-state index contributed by atoms with van der Waals surface area (Å²) in [6.07, 6.45) is -0.0843. The number of carbonyl (C=O) groups is 1. The SMILES string of the molecule is O=C(C1CCc2nnc(-c3cccc(C(F)(F)F)c3)n21)N1CCCCC1. The minimum atomic E-state index is -4.42. The van der Waals surface area contributed by atoms with Crippen LogP contribution in [0.15, 0.2) is 24.3 Å². The summed E-state index contributed by atoms with van der Waals surface area (Å²) in [5.74, 6) is 1.02. The van der Waals surface area contributed by atoms with Gasteiger partial charge < -0.3 is 4.90 Å². The third kappa shape index (κ3) is 2.97. The molecule has 1 aromatic heterocycles. The van der Waals surface area contributed by atoms with E-state index in [4.69, 9.17) is 0 Å². The van der Waals surface area contributed by atoms with Crippen molar-refractivity contribution < 1.29 is 18.0 Å². The van der Waals surface area contributed by atoms with Crippen molar-refractivity contribution in [2.45, 2.75) is 44.3 Å².